The number of nitrogen functional groups attached to an aromatic ring is 1. The van der Waals surface area contributed by atoms with Gasteiger partial charge in [0.15, 0.2) is 5.13 Å². The summed E-state index contributed by atoms with van der Waals surface area (Å²) in [6.07, 6.45) is 4.55. The van der Waals surface area contributed by atoms with Crippen molar-refractivity contribution < 1.29 is 4.79 Å². The van der Waals surface area contributed by atoms with Crippen LogP contribution in [0.2, 0.25) is 5.02 Å². The van der Waals surface area contributed by atoms with Crippen LogP contribution in [-0.2, 0) is 12.8 Å². The van der Waals surface area contributed by atoms with Gasteiger partial charge in [0.2, 0.25) is 0 Å². The predicted molar refractivity (Wildman–Crippen MR) is 75.8 cm³/mol. The third kappa shape index (κ3) is 2.41. The number of rotatable bonds is 2. The van der Waals surface area contributed by atoms with E-state index in [4.69, 9.17) is 17.3 Å². The van der Waals surface area contributed by atoms with Crippen LogP contribution in [0.5, 0.6) is 0 Å². The summed E-state index contributed by atoms with van der Waals surface area (Å²) in [5, 5.41) is 3.64. The zero-order chi connectivity index (χ0) is 13.4. The molecule has 0 spiro atoms. The maximum atomic E-state index is 12.1. The molecule has 0 saturated carbocycles. The van der Waals surface area contributed by atoms with E-state index < -0.39 is 0 Å². The van der Waals surface area contributed by atoms with E-state index >= 15 is 0 Å². The molecule has 0 atom stereocenters. The van der Waals surface area contributed by atoms with E-state index in [2.05, 4.69) is 15.3 Å². The fraction of sp³-hybridized carbons (Fsp3) is 0.250. The summed E-state index contributed by atoms with van der Waals surface area (Å²) in [5.74, 6) is -0.0530. The van der Waals surface area contributed by atoms with Crippen molar-refractivity contribution in [1.82, 2.24) is 9.97 Å². The second-order valence-corrected chi connectivity index (χ2v) is 5.78. The van der Waals surface area contributed by atoms with Gasteiger partial charge in [-0.3, -0.25) is 10.1 Å². The average Bonchev–Trinajstić information content (AvgIpc) is 2.92. The van der Waals surface area contributed by atoms with Gasteiger partial charge in [0.05, 0.1) is 16.3 Å². The SMILES string of the molecule is Nc1cc(C(=O)Nc2nc3c(s2)CCC3)c(Cl)cn1. The highest BCUT2D eigenvalue weighted by atomic mass is 35.5. The maximum absolute atomic E-state index is 12.1. The van der Waals surface area contributed by atoms with E-state index in [1.54, 1.807) is 0 Å². The van der Waals surface area contributed by atoms with Crippen LogP contribution in [0, 0.1) is 0 Å². The molecule has 5 nitrogen and oxygen atoms in total. The molecule has 0 unspecified atom stereocenters. The lowest BCUT2D eigenvalue weighted by molar-refractivity contribution is 0.102. The van der Waals surface area contributed by atoms with Crippen molar-refractivity contribution in [2.75, 3.05) is 11.1 Å². The van der Waals surface area contributed by atoms with Crippen LogP contribution in [0.1, 0.15) is 27.3 Å². The fourth-order valence-electron chi connectivity index (χ4n) is 2.04. The Bertz CT molecular complexity index is 634. The number of hydrogen-bond donors (Lipinski definition) is 2. The van der Waals surface area contributed by atoms with Crippen molar-refractivity contribution in [3.63, 3.8) is 0 Å². The van der Waals surface area contributed by atoms with Gasteiger partial charge in [0.25, 0.3) is 5.91 Å². The molecule has 3 rings (SSSR count). The number of carbonyl (C=O) groups is 1. The molecule has 1 aliphatic carbocycles. The Morgan fingerprint density at radius 1 is 1.47 bits per heavy atom. The Hall–Kier alpha value is -1.66. The third-order valence-electron chi connectivity index (χ3n) is 2.94. The van der Waals surface area contributed by atoms with Crippen molar-refractivity contribution in [2.24, 2.45) is 0 Å². The summed E-state index contributed by atoms with van der Waals surface area (Å²) in [6, 6.07) is 1.46. The third-order valence-corrected chi connectivity index (χ3v) is 4.31. The average molecular weight is 295 g/mol. The van der Waals surface area contributed by atoms with Gasteiger partial charge in [-0.1, -0.05) is 11.6 Å². The molecular weight excluding hydrogens is 284 g/mol. The lowest BCUT2D eigenvalue weighted by Gasteiger charge is -2.04. The Morgan fingerprint density at radius 2 is 2.32 bits per heavy atom. The van der Waals surface area contributed by atoms with Gasteiger partial charge in [-0.25, -0.2) is 9.97 Å². The summed E-state index contributed by atoms with van der Waals surface area (Å²) >= 11 is 7.46. The van der Waals surface area contributed by atoms with Gasteiger partial charge in [-0.15, -0.1) is 11.3 Å². The number of thiazole rings is 1. The number of hydrogen-bond acceptors (Lipinski definition) is 5. The number of nitrogens with one attached hydrogen (secondary N) is 1. The molecule has 0 fully saturated rings. The lowest BCUT2D eigenvalue weighted by atomic mass is 10.2. The molecule has 1 aliphatic rings. The lowest BCUT2D eigenvalue weighted by Crippen LogP contribution is -2.13. The molecule has 2 heterocycles. The highest BCUT2D eigenvalue weighted by Crippen LogP contribution is 2.31. The number of anilines is 2. The Labute approximate surface area is 118 Å². The highest BCUT2D eigenvalue weighted by molar-refractivity contribution is 7.16. The Balaban J connectivity index is 1.82. The monoisotopic (exact) mass is 294 g/mol. The molecular formula is C12H11ClN4OS. The molecule has 0 bridgehead atoms. The van der Waals surface area contributed by atoms with Crippen LogP contribution >= 0.6 is 22.9 Å². The number of nitrogens with zero attached hydrogens (tertiary/aromatic N) is 2. The zero-order valence-electron chi connectivity index (χ0n) is 9.94. The number of aryl methyl sites for hydroxylation is 2. The molecule has 0 aromatic carbocycles. The molecule has 0 saturated heterocycles. The minimum atomic E-state index is -0.313. The van der Waals surface area contributed by atoms with Crippen molar-refractivity contribution in [1.29, 1.82) is 0 Å². The number of carbonyl (C=O) groups excluding carboxylic acids is 1. The van der Waals surface area contributed by atoms with Crippen molar-refractivity contribution in [3.8, 4) is 0 Å². The normalized spacial score (nSPS) is 13.3. The largest absolute Gasteiger partial charge is 0.384 e. The number of aromatic nitrogens is 2. The first kappa shape index (κ1) is 12.4. The second kappa shape index (κ2) is 4.79. The fourth-order valence-corrected chi connectivity index (χ4v) is 3.27. The van der Waals surface area contributed by atoms with Crippen LogP contribution in [0.15, 0.2) is 12.3 Å². The summed E-state index contributed by atoms with van der Waals surface area (Å²) in [5.41, 5.74) is 6.96. The molecule has 19 heavy (non-hydrogen) atoms. The van der Waals surface area contributed by atoms with Crippen LogP contribution in [-0.4, -0.2) is 15.9 Å². The van der Waals surface area contributed by atoms with Crippen LogP contribution in [0.3, 0.4) is 0 Å². The molecule has 0 radical (unpaired) electrons. The summed E-state index contributed by atoms with van der Waals surface area (Å²) < 4.78 is 0. The minimum Gasteiger partial charge on any atom is -0.384 e. The first-order chi connectivity index (χ1) is 9.13. The van der Waals surface area contributed by atoms with E-state index in [1.807, 2.05) is 0 Å². The molecule has 2 aromatic rings. The number of pyridine rings is 1. The smallest absolute Gasteiger partial charge is 0.259 e. The first-order valence-electron chi connectivity index (χ1n) is 5.84. The quantitative estimate of drug-likeness (QED) is 0.892. The van der Waals surface area contributed by atoms with Crippen LogP contribution in [0.25, 0.3) is 0 Å². The molecule has 2 aromatic heterocycles. The van der Waals surface area contributed by atoms with Gasteiger partial charge >= 0.3 is 0 Å². The topological polar surface area (TPSA) is 80.9 Å². The van der Waals surface area contributed by atoms with Gasteiger partial charge in [-0.05, 0) is 25.3 Å². The summed E-state index contributed by atoms with van der Waals surface area (Å²) in [4.78, 5) is 21.6. The first-order valence-corrected chi connectivity index (χ1v) is 7.04. The van der Waals surface area contributed by atoms with E-state index in [1.165, 1.54) is 28.5 Å². The van der Waals surface area contributed by atoms with Gasteiger partial charge in [0.1, 0.15) is 5.82 Å². The molecule has 1 amide bonds. The van der Waals surface area contributed by atoms with E-state index in [0.717, 1.165) is 25.0 Å². The standard InChI is InChI=1S/C12H11ClN4OS/c13-7-5-15-10(14)4-6(7)11(18)17-12-16-8-2-1-3-9(8)19-12/h4-5H,1-3H2,(H2,14,15)(H,16,17,18). The zero-order valence-corrected chi connectivity index (χ0v) is 11.5. The Morgan fingerprint density at radius 3 is 3.11 bits per heavy atom. The van der Waals surface area contributed by atoms with Crippen LogP contribution in [0.4, 0.5) is 10.9 Å². The number of amides is 1. The minimum absolute atomic E-state index is 0.260. The predicted octanol–water partition coefficient (Wildman–Crippen LogP) is 2.51. The van der Waals surface area contributed by atoms with Crippen molar-refractivity contribution in [3.05, 3.63) is 33.4 Å². The highest BCUT2D eigenvalue weighted by Gasteiger charge is 2.19. The Kier molecular flexibility index (Phi) is 3.12. The van der Waals surface area contributed by atoms with E-state index in [0.29, 0.717) is 10.7 Å². The van der Waals surface area contributed by atoms with Crippen molar-refractivity contribution in [2.45, 2.75) is 19.3 Å². The van der Waals surface area contributed by atoms with Gasteiger partial charge in [-0.2, -0.15) is 0 Å². The number of nitrogens with two attached hydrogens (primary N) is 1. The van der Waals surface area contributed by atoms with E-state index in [9.17, 15) is 4.79 Å². The van der Waals surface area contributed by atoms with Gasteiger partial charge in [0, 0.05) is 11.1 Å². The summed E-state index contributed by atoms with van der Waals surface area (Å²) in [6.45, 7) is 0. The molecule has 0 aliphatic heterocycles. The summed E-state index contributed by atoms with van der Waals surface area (Å²) in [7, 11) is 0. The maximum Gasteiger partial charge on any atom is 0.259 e. The van der Waals surface area contributed by atoms with Crippen LogP contribution < -0.4 is 11.1 Å². The van der Waals surface area contributed by atoms with Crippen molar-refractivity contribution >= 4 is 39.8 Å². The molecule has 7 heteroatoms. The number of fused-ring (bicyclic) bond motifs is 1. The number of halogens is 1. The second-order valence-electron chi connectivity index (χ2n) is 4.29. The van der Waals surface area contributed by atoms with Gasteiger partial charge < -0.3 is 5.73 Å². The molecule has 98 valence electrons. The molecule has 3 N–H and O–H groups in total. The van der Waals surface area contributed by atoms with E-state index in [-0.39, 0.29) is 16.7 Å².